The average Bonchev–Trinajstić information content (AvgIpc) is 3.17. The Kier molecular flexibility index (Phi) is 7.29. The smallest absolute Gasteiger partial charge is 0.396 e. The minimum absolute atomic E-state index is 0.388. The fourth-order valence-corrected chi connectivity index (χ4v) is 3.01. The number of benzene rings is 2. The molecule has 9 heteroatoms. The van der Waals surface area contributed by atoms with Crippen molar-refractivity contribution in [3.63, 3.8) is 0 Å². The van der Waals surface area contributed by atoms with E-state index >= 15 is 0 Å². The second-order valence-electron chi connectivity index (χ2n) is 7.11. The molecule has 1 aromatic heterocycles. The van der Waals surface area contributed by atoms with Crippen LogP contribution >= 0.6 is 0 Å². The summed E-state index contributed by atoms with van der Waals surface area (Å²) >= 11 is 0. The van der Waals surface area contributed by atoms with Gasteiger partial charge in [0.2, 0.25) is 0 Å². The highest BCUT2D eigenvalue weighted by Crippen LogP contribution is 2.32. The number of nitrogens with one attached hydrogen (secondary N) is 1. The average molecular weight is 444 g/mol. The van der Waals surface area contributed by atoms with Crippen molar-refractivity contribution in [3.8, 4) is 11.1 Å². The molecule has 2 aromatic carbocycles. The molecule has 0 aliphatic carbocycles. The number of carbonyl (C=O) groups is 1. The van der Waals surface area contributed by atoms with Crippen molar-refractivity contribution in [1.82, 2.24) is 9.78 Å². The Hall–Kier alpha value is -3.62. The van der Waals surface area contributed by atoms with Crippen LogP contribution in [0.1, 0.15) is 41.4 Å². The van der Waals surface area contributed by atoms with Gasteiger partial charge >= 0.3 is 6.18 Å². The van der Waals surface area contributed by atoms with E-state index in [1.54, 1.807) is 30.5 Å². The Morgan fingerprint density at radius 3 is 2.59 bits per heavy atom. The molecule has 1 heterocycles. The molecule has 1 amide bonds. The summed E-state index contributed by atoms with van der Waals surface area (Å²) in [4.78, 5) is 17.8. The number of carbonyl (C=O) groups excluding carboxylic acids is 1. The minimum atomic E-state index is -4.73. The summed E-state index contributed by atoms with van der Waals surface area (Å²) in [7, 11) is 1.33. The van der Waals surface area contributed by atoms with Crippen LogP contribution in [-0.2, 0) is 18.1 Å². The number of hydrogen-bond donors (Lipinski definition) is 1. The Labute approximate surface area is 183 Å². The van der Waals surface area contributed by atoms with E-state index in [0.717, 1.165) is 34.8 Å². The van der Waals surface area contributed by atoms with Crippen molar-refractivity contribution in [2.45, 2.75) is 25.9 Å². The molecule has 32 heavy (non-hydrogen) atoms. The van der Waals surface area contributed by atoms with Gasteiger partial charge in [0.15, 0.2) is 5.69 Å². The van der Waals surface area contributed by atoms with Crippen LogP contribution in [-0.4, -0.2) is 28.5 Å². The highest BCUT2D eigenvalue weighted by Gasteiger charge is 2.39. The molecule has 0 saturated carbocycles. The van der Waals surface area contributed by atoms with Gasteiger partial charge in [-0.05, 0) is 23.6 Å². The van der Waals surface area contributed by atoms with Crippen LogP contribution in [0, 0.1) is 0 Å². The van der Waals surface area contributed by atoms with Gasteiger partial charge in [0, 0.05) is 24.5 Å². The lowest BCUT2D eigenvalue weighted by Gasteiger charge is -2.12. The molecule has 0 atom stereocenters. The number of aromatic nitrogens is 2. The first-order chi connectivity index (χ1) is 15.3. The van der Waals surface area contributed by atoms with Gasteiger partial charge in [-0.1, -0.05) is 61.0 Å². The summed E-state index contributed by atoms with van der Waals surface area (Å²) in [5.74, 6) is -0.883. The summed E-state index contributed by atoms with van der Waals surface area (Å²) in [6, 6.07) is 14.2. The molecule has 1 N–H and O–H groups in total. The summed E-state index contributed by atoms with van der Waals surface area (Å²) in [5, 5.41) is 9.89. The van der Waals surface area contributed by atoms with Gasteiger partial charge in [0.05, 0.1) is 11.8 Å². The Balaban J connectivity index is 1.79. The fourth-order valence-electron chi connectivity index (χ4n) is 3.01. The maximum absolute atomic E-state index is 13.2. The van der Waals surface area contributed by atoms with Gasteiger partial charge in [0.1, 0.15) is 6.61 Å². The Morgan fingerprint density at radius 1 is 1.19 bits per heavy atom. The number of halogens is 3. The molecule has 0 bridgehead atoms. The van der Waals surface area contributed by atoms with Crippen molar-refractivity contribution >= 4 is 17.8 Å². The van der Waals surface area contributed by atoms with Gasteiger partial charge in [-0.25, -0.2) is 0 Å². The second-order valence-corrected chi connectivity index (χ2v) is 7.11. The summed E-state index contributed by atoms with van der Waals surface area (Å²) in [6.45, 7) is 2.63. The molecule has 0 radical (unpaired) electrons. The topological polar surface area (TPSA) is 68.5 Å². The van der Waals surface area contributed by atoms with Crippen molar-refractivity contribution in [1.29, 1.82) is 0 Å². The lowest BCUT2D eigenvalue weighted by molar-refractivity contribution is -0.141. The highest BCUT2D eigenvalue weighted by atomic mass is 19.4. The summed E-state index contributed by atoms with van der Waals surface area (Å²) in [5.41, 5.74) is 0.910. The maximum Gasteiger partial charge on any atom is 0.435 e. The Bertz CT molecular complexity index is 1090. The third-order valence-electron chi connectivity index (χ3n) is 4.60. The zero-order valence-corrected chi connectivity index (χ0v) is 17.7. The molecule has 0 fully saturated rings. The van der Waals surface area contributed by atoms with Gasteiger partial charge in [0.25, 0.3) is 5.91 Å². The zero-order chi connectivity index (χ0) is 23.1. The number of unbranched alkanes of at least 4 members (excludes halogenated alkanes) is 1. The van der Waals surface area contributed by atoms with E-state index in [9.17, 15) is 18.0 Å². The second kappa shape index (κ2) is 10.1. The monoisotopic (exact) mass is 444 g/mol. The number of para-hydroxylation sites is 1. The zero-order valence-electron chi connectivity index (χ0n) is 17.7. The Morgan fingerprint density at radius 2 is 1.91 bits per heavy atom. The van der Waals surface area contributed by atoms with Crippen LogP contribution in [0.2, 0.25) is 0 Å². The number of alkyl halides is 3. The van der Waals surface area contributed by atoms with Crippen molar-refractivity contribution in [2.75, 3.05) is 11.9 Å². The fraction of sp³-hybridized carbons (Fsp3) is 0.261. The molecule has 3 aromatic rings. The SMILES string of the molecule is CCCCON=Cc1ccc(-c2ccccc2NC(=O)c2cn(C)nc2C(F)(F)F)cc1. The van der Waals surface area contributed by atoms with Crippen LogP contribution < -0.4 is 5.32 Å². The number of aryl methyl sites for hydroxylation is 1. The predicted molar refractivity (Wildman–Crippen MR) is 116 cm³/mol. The van der Waals surface area contributed by atoms with Crippen molar-refractivity contribution in [2.24, 2.45) is 12.2 Å². The molecule has 0 aliphatic rings. The molecule has 3 rings (SSSR count). The van der Waals surface area contributed by atoms with E-state index in [2.05, 4.69) is 22.5 Å². The lowest BCUT2D eigenvalue weighted by atomic mass is 10.0. The number of anilines is 1. The first-order valence-corrected chi connectivity index (χ1v) is 10.1. The van der Waals surface area contributed by atoms with Gasteiger partial charge in [-0.3, -0.25) is 9.48 Å². The van der Waals surface area contributed by atoms with Crippen LogP contribution in [0.4, 0.5) is 18.9 Å². The van der Waals surface area contributed by atoms with Crippen molar-refractivity contribution < 1.29 is 22.8 Å². The van der Waals surface area contributed by atoms with E-state index < -0.39 is 23.3 Å². The third-order valence-corrected chi connectivity index (χ3v) is 4.60. The number of amides is 1. The number of nitrogens with zero attached hydrogens (tertiary/aromatic N) is 3. The van der Waals surface area contributed by atoms with Crippen LogP contribution in [0.15, 0.2) is 59.9 Å². The van der Waals surface area contributed by atoms with Crippen LogP contribution in [0.3, 0.4) is 0 Å². The van der Waals surface area contributed by atoms with E-state index in [1.165, 1.54) is 7.05 Å². The van der Waals surface area contributed by atoms with E-state index in [0.29, 0.717) is 17.9 Å². The number of rotatable bonds is 8. The van der Waals surface area contributed by atoms with Crippen LogP contribution in [0.25, 0.3) is 11.1 Å². The third kappa shape index (κ3) is 5.75. The molecular formula is C23H23F3N4O2. The number of oxime groups is 1. The first kappa shape index (κ1) is 23.1. The molecular weight excluding hydrogens is 421 g/mol. The lowest BCUT2D eigenvalue weighted by Crippen LogP contribution is -2.18. The van der Waals surface area contributed by atoms with Crippen molar-refractivity contribution in [3.05, 3.63) is 71.5 Å². The largest absolute Gasteiger partial charge is 0.435 e. The molecule has 0 unspecified atom stereocenters. The quantitative estimate of drug-likeness (QED) is 0.283. The van der Waals surface area contributed by atoms with Gasteiger partial charge < -0.3 is 10.2 Å². The molecule has 0 aliphatic heterocycles. The summed E-state index contributed by atoms with van der Waals surface area (Å²) < 4.78 is 40.6. The normalized spacial score (nSPS) is 11.7. The highest BCUT2D eigenvalue weighted by molar-refractivity contribution is 6.07. The van der Waals surface area contributed by atoms with Crippen LogP contribution in [0.5, 0.6) is 0 Å². The molecule has 168 valence electrons. The van der Waals surface area contributed by atoms with E-state index in [1.807, 2.05) is 24.3 Å². The molecule has 6 nitrogen and oxygen atoms in total. The van der Waals surface area contributed by atoms with E-state index in [4.69, 9.17) is 4.84 Å². The first-order valence-electron chi connectivity index (χ1n) is 10.1. The molecule has 0 spiro atoms. The molecule has 0 saturated heterocycles. The minimum Gasteiger partial charge on any atom is -0.396 e. The maximum atomic E-state index is 13.2. The predicted octanol–water partition coefficient (Wildman–Crippen LogP) is 5.51. The number of hydrogen-bond acceptors (Lipinski definition) is 4. The van der Waals surface area contributed by atoms with Gasteiger partial charge in [-0.2, -0.15) is 18.3 Å². The van der Waals surface area contributed by atoms with Gasteiger partial charge in [-0.15, -0.1) is 0 Å². The van der Waals surface area contributed by atoms with E-state index in [-0.39, 0.29) is 0 Å². The summed E-state index contributed by atoms with van der Waals surface area (Å²) in [6.07, 6.45) is -0.114. The standard InChI is InChI=1S/C23H23F3N4O2/c1-3-4-13-32-27-14-16-9-11-17(12-10-16)18-7-5-6-8-20(18)28-22(31)19-15-30(2)29-21(19)23(24,25)26/h5-12,14-15H,3-4,13H2,1-2H3,(H,28,31).